The molecule has 2 rings (SSSR count). The van der Waals surface area contributed by atoms with E-state index >= 15 is 0 Å². The normalized spacial score (nSPS) is 18.0. The van der Waals surface area contributed by atoms with Crippen molar-refractivity contribution in [3.05, 3.63) is 23.8 Å². The van der Waals surface area contributed by atoms with E-state index in [9.17, 15) is 9.59 Å². The summed E-state index contributed by atoms with van der Waals surface area (Å²) in [5, 5.41) is 0. The average Bonchev–Trinajstić information content (AvgIpc) is 3.00. The summed E-state index contributed by atoms with van der Waals surface area (Å²) in [5.74, 6) is -0.531. The molecule has 1 unspecified atom stereocenters. The van der Waals surface area contributed by atoms with E-state index in [0.29, 0.717) is 19.0 Å². The van der Waals surface area contributed by atoms with E-state index in [4.69, 9.17) is 5.73 Å². The highest BCUT2D eigenvalue weighted by Crippen LogP contribution is 2.20. The molecule has 0 aromatic carbocycles. The maximum atomic E-state index is 12.5. The van der Waals surface area contributed by atoms with Gasteiger partial charge in [0.15, 0.2) is 11.4 Å². The fraction of sp³-hybridized carbons (Fsp3) is 0.600. The largest absolute Gasteiger partial charge is 0.364 e. The van der Waals surface area contributed by atoms with E-state index in [-0.39, 0.29) is 17.3 Å². The second-order valence-corrected chi connectivity index (χ2v) is 5.51. The van der Waals surface area contributed by atoms with Gasteiger partial charge in [-0.25, -0.2) is 9.97 Å². The lowest BCUT2D eigenvalue weighted by molar-refractivity contribution is 0.0771. The first-order valence-corrected chi connectivity index (χ1v) is 7.69. The molecule has 0 aliphatic carbocycles. The van der Waals surface area contributed by atoms with Crippen molar-refractivity contribution in [1.82, 2.24) is 19.8 Å². The summed E-state index contributed by atoms with van der Waals surface area (Å²) in [7, 11) is 0. The van der Waals surface area contributed by atoms with Gasteiger partial charge in [0.1, 0.15) is 0 Å². The molecule has 2 N–H and O–H groups in total. The highest BCUT2D eigenvalue weighted by Gasteiger charge is 2.30. The second-order valence-electron chi connectivity index (χ2n) is 5.51. The van der Waals surface area contributed by atoms with Crippen molar-refractivity contribution in [2.75, 3.05) is 32.7 Å². The average molecular weight is 305 g/mol. The van der Waals surface area contributed by atoms with Crippen LogP contribution in [-0.4, -0.2) is 64.3 Å². The van der Waals surface area contributed by atoms with Crippen molar-refractivity contribution in [2.24, 2.45) is 11.7 Å². The van der Waals surface area contributed by atoms with Crippen LogP contribution in [0.25, 0.3) is 0 Å². The van der Waals surface area contributed by atoms with E-state index in [1.165, 1.54) is 12.4 Å². The third kappa shape index (κ3) is 3.59. The monoisotopic (exact) mass is 305 g/mol. The summed E-state index contributed by atoms with van der Waals surface area (Å²) in [4.78, 5) is 35.9. The number of carbonyl (C=O) groups excluding carboxylic acids is 2. The van der Waals surface area contributed by atoms with Gasteiger partial charge >= 0.3 is 0 Å². The number of amides is 2. The Labute approximate surface area is 130 Å². The molecule has 2 heterocycles. The Morgan fingerprint density at radius 2 is 1.91 bits per heavy atom. The molecule has 1 aromatic heterocycles. The van der Waals surface area contributed by atoms with Crippen molar-refractivity contribution >= 4 is 11.8 Å². The highest BCUT2D eigenvalue weighted by atomic mass is 16.2. The quantitative estimate of drug-likeness (QED) is 0.820. The maximum Gasteiger partial charge on any atom is 0.274 e. The van der Waals surface area contributed by atoms with E-state index in [0.717, 1.165) is 26.1 Å². The number of nitrogens with two attached hydrogens (primary N) is 1. The lowest BCUT2D eigenvalue weighted by Crippen LogP contribution is -2.34. The summed E-state index contributed by atoms with van der Waals surface area (Å²) < 4.78 is 0. The van der Waals surface area contributed by atoms with Crippen LogP contribution in [0.3, 0.4) is 0 Å². The molecule has 0 saturated carbocycles. The van der Waals surface area contributed by atoms with Gasteiger partial charge in [-0.05, 0) is 25.4 Å². The number of rotatable bonds is 6. The highest BCUT2D eigenvalue weighted by molar-refractivity contribution is 6.04. The fourth-order valence-corrected chi connectivity index (χ4v) is 2.84. The molecule has 2 amide bonds. The van der Waals surface area contributed by atoms with Crippen molar-refractivity contribution < 1.29 is 9.59 Å². The SMILES string of the molecule is CCN(CC)CC1CCN(C(=O)c2nccnc2C(N)=O)C1. The topological polar surface area (TPSA) is 92.4 Å². The van der Waals surface area contributed by atoms with Crippen molar-refractivity contribution in [2.45, 2.75) is 20.3 Å². The Morgan fingerprint density at radius 3 is 2.50 bits per heavy atom. The molecule has 22 heavy (non-hydrogen) atoms. The number of hydrogen-bond donors (Lipinski definition) is 1. The molecular weight excluding hydrogens is 282 g/mol. The lowest BCUT2D eigenvalue weighted by Gasteiger charge is -2.22. The molecule has 0 spiro atoms. The first-order chi connectivity index (χ1) is 10.6. The standard InChI is InChI=1S/C15H23N5O2/c1-3-19(4-2)9-11-5-8-20(10-11)15(22)13-12(14(16)21)17-6-7-18-13/h6-7,11H,3-5,8-10H2,1-2H3,(H2,16,21). The summed E-state index contributed by atoms with van der Waals surface area (Å²) in [6.07, 6.45) is 3.74. The Bertz CT molecular complexity index is 544. The Hall–Kier alpha value is -2.02. The van der Waals surface area contributed by atoms with Crippen LogP contribution in [-0.2, 0) is 0 Å². The number of carbonyl (C=O) groups is 2. The zero-order chi connectivity index (χ0) is 16.1. The zero-order valence-corrected chi connectivity index (χ0v) is 13.2. The van der Waals surface area contributed by atoms with E-state index in [2.05, 4.69) is 28.7 Å². The molecule has 1 fully saturated rings. The first kappa shape index (κ1) is 16.4. The number of primary amides is 1. The number of aromatic nitrogens is 2. The molecule has 0 bridgehead atoms. The molecule has 120 valence electrons. The van der Waals surface area contributed by atoms with Gasteiger partial charge in [-0.3, -0.25) is 9.59 Å². The van der Waals surface area contributed by atoms with Gasteiger partial charge in [0.2, 0.25) is 0 Å². The minimum Gasteiger partial charge on any atom is -0.364 e. The van der Waals surface area contributed by atoms with Crippen LogP contribution in [0.5, 0.6) is 0 Å². The van der Waals surface area contributed by atoms with Crippen LogP contribution in [0.1, 0.15) is 41.2 Å². The van der Waals surface area contributed by atoms with Gasteiger partial charge in [-0.15, -0.1) is 0 Å². The van der Waals surface area contributed by atoms with Gasteiger partial charge in [-0.2, -0.15) is 0 Å². The Morgan fingerprint density at radius 1 is 1.27 bits per heavy atom. The van der Waals surface area contributed by atoms with Crippen molar-refractivity contribution in [1.29, 1.82) is 0 Å². The van der Waals surface area contributed by atoms with Gasteiger partial charge in [0, 0.05) is 32.0 Å². The van der Waals surface area contributed by atoms with Crippen LogP contribution < -0.4 is 5.73 Å². The van der Waals surface area contributed by atoms with Gasteiger partial charge < -0.3 is 15.5 Å². The molecule has 0 radical (unpaired) electrons. The predicted molar refractivity (Wildman–Crippen MR) is 82.3 cm³/mol. The molecule has 1 atom stereocenters. The predicted octanol–water partition coefficient (Wildman–Crippen LogP) is 0.379. The number of hydrogen-bond acceptors (Lipinski definition) is 5. The van der Waals surface area contributed by atoms with Gasteiger partial charge in [0.05, 0.1) is 0 Å². The van der Waals surface area contributed by atoms with Crippen LogP contribution in [0.4, 0.5) is 0 Å². The third-order valence-corrected chi connectivity index (χ3v) is 4.12. The zero-order valence-electron chi connectivity index (χ0n) is 13.2. The van der Waals surface area contributed by atoms with Crippen molar-refractivity contribution in [3.8, 4) is 0 Å². The first-order valence-electron chi connectivity index (χ1n) is 7.69. The Balaban J connectivity index is 2.05. The van der Waals surface area contributed by atoms with Gasteiger partial charge in [0.25, 0.3) is 11.8 Å². The summed E-state index contributed by atoms with van der Waals surface area (Å²) in [5.41, 5.74) is 5.26. The van der Waals surface area contributed by atoms with Crippen LogP contribution >= 0.6 is 0 Å². The molecule has 1 aliphatic rings. The van der Waals surface area contributed by atoms with Gasteiger partial charge in [-0.1, -0.05) is 13.8 Å². The molecule has 7 nitrogen and oxygen atoms in total. The smallest absolute Gasteiger partial charge is 0.274 e. The Kier molecular flexibility index (Phi) is 5.43. The van der Waals surface area contributed by atoms with Crippen LogP contribution in [0.15, 0.2) is 12.4 Å². The minimum absolute atomic E-state index is 0.0542. The lowest BCUT2D eigenvalue weighted by atomic mass is 10.1. The molecule has 1 aliphatic heterocycles. The summed E-state index contributed by atoms with van der Waals surface area (Å²) >= 11 is 0. The van der Waals surface area contributed by atoms with Crippen molar-refractivity contribution in [3.63, 3.8) is 0 Å². The molecule has 1 saturated heterocycles. The van der Waals surface area contributed by atoms with E-state index in [1.807, 2.05) is 0 Å². The van der Waals surface area contributed by atoms with E-state index < -0.39 is 5.91 Å². The number of likely N-dealkylation sites (tertiary alicyclic amines) is 1. The maximum absolute atomic E-state index is 12.5. The van der Waals surface area contributed by atoms with Crippen LogP contribution in [0.2, 0.25) is 0 Å². The summed E-state index contributed by atoms with van der Waals surface area (Å²) in [6.45, 7) is 8.65. The minimum atomic E-state index is -0.727. The molecular formula is C15H23N5O2. The van der Waals surface area contributed by atoms with Crippen LogP contribution in [0, 0.1) is 5.92 Å². The molecule has 7 heteroatoms. The van der Waals surface area contributed by atoms with E-state index in [1.54, 1.807) is 4.90 Å². The summed E-state index contributed by atoms with van der Waals surface area (Å²) in [6, 6.07) is 0. The number of nitrogens with zero attached hydrogens (tertiary/aromatic N) is 4. The molecule has 1 aromatic rings. The second kappa shape index (κ2) is 7.31. The fourth-order valence-electron chi connectivity index (χ4n) is 2.84. The third-order valence-electron chi connectivity index (χ3n) is 4.12.